The molecule has 0 atom stereocenters. The van der Waals surface area contributed by atoms with Crippen molar-refractivity contribution in [3.63, 3.8) is 0 Å². The lowest BCUT2D eigenvalue weighted by Crippen LogP contribution is -2.03. The van der Waals surface area contributed by atoms with Gasteiger partial charge in [0.1, 0.15) is 0 Å². The van der Waals surface area contributed by atoms with Crippen molar-refractivity contribution in [2.45, 2.75) is 0 Å². The lowest BCUT2D eigenvalue weighted by atomic mass is 10.0. The van der Waals surface area contributed by atoms with Crippen LogP contribution in [0.5, 0.6) is 5.88 Å². The van der Waals surface area contributed by atoms with Gasteiger partial charge in [0.05, 0.1) is 18.2 Å². The van der Waals surface area contributed by atoms with E-state index in [0.29, 0.717) is 0 Å². The molecule has 0 aliphatic carbocycles. The smallest absolute Gasteiger partial charge is 0.336 e. The summed E-state index contributed by atoms with van der Waals surface area (Å²) in [6.45, 7) is 0. The fourth-order valence-electron chi connectivity index (χ4n) is 1.71. The zero-order chi connectivity index (χ0) is 14.0. The minimum Gasteiger partial charge on any atom is -0.481 e. The third kappa shape index (κ3) is 2.37. The second-order valence-electron chi connectivity index (χ2n) is 3.68. The van der Waals surface area contributed by atoms with Crippen LogP contribution in [0.1, 0.15) is 10.4 Å². The number of aromatic nitrogens is 1. The summed E-state index contributed by atoms with van der Waals surface area (Å²) in [4.78, 5) is 15.0. The number of hydrogen-bond acceptors (Lipinski definition) is 3. The van der Waals surface area contributed by atoms with E-state index in [9.17, 15) is 13.6 Å². The number of rotatable bonds is 3. The van der Waals surface area contributed by atoms with Gasteiger partial charge in [-0.1, -0.05) is 6.07 Å². The van der Waals surface area contributed by atoms with Crippen molar-refractivity contribution in [2.24, 2.45) is 0 Å². The van der Waals surface area contributed by atoms with Crippen LogP contribution in [0.3, 0.4) is 0 Å². The Morgan fingerprint density at radius 2 is 2.00 bits per heavy atom. The average molecular weight is 265 g/mol. The molecule has 0 aliphatic heterocycles. The van der Waals surface area contributed by atoms with Gasteiger partial charge in [0.2, 0.25) is 5.88 Å². The van der Waals surface area contributed by atoms with Crippen molar-refractivity contribution in [3.05, 3.63) is 47.7 Å². The highest BCUT2D eigenvalue weighted by atomic mass is 19.2. The van der Waals surface area contributed by atoms with Gasteiger partial charge in [-0.2, -0.15) is 0 Å². The molecular weight excluding hydrogens is 256 g/mol. The number of carboxylic acid groups (broad SMARTS) is 1. The number of halogens is 2. The van der Waals surface area contributed by atoms with Gasteiger partial charge >= 0.3 is 5.97 Å². The van der Waals surface area contributed by atoms with Gasteiger partial charge in [-0.3, -0.25) is 0 Å². The molecule has 2 aromatic rings. The topological polar surface area (TPSA) is 59.4 Å². The predicted octanol–water partition coefficient (Wildman–Crippen LogP) is 2.73. The number of methoxy groups -OCH3 is 1. The van der Waals surface area contributed by atoms with Gasteiger partial charge < -0.3 is 9.84 Å². The van der Waals surface area contributed by atoms with E-state index in [1.807, 2.05) is 0 Å². The van der Waals surface area contributed by atoms with Crippen LogP contribution in [-0.2, 0) is 0 Å². The number of pyridine rings is 1. The molecule has 4 nitrogen and oxygen atoms in total. The molecule has 1 N–H and O–H groups in total. The molecule has 1 aromatic carbocycles. The van der Waals surface area contributed by atoms with Crippen molar-refractivity contribution in [3.8, 4) is 17.0 Å². The Bertz CT molecular complexity index is 644. The third-order valence-electron chi connectivity index (χ3n) is 2.55. The van der Waals surface area contributed by atoms with Crippen LogP contribution >= 0.6 is 0 Å². The first-order valence-corrected chi connectivity index (χ1v) is 5.26. The molecule has 0 unspecified atom stereocenters. The van der Waals surface area contributed by atoms with E-state index >= 15 is 0 Å². The molecule has 0 amide bonds. The number of carboxylic acids is 1. The Kier molecular flexibility index (Phi) is 3.41. The van der Waals surface area contributed by atoms with Crippen LogP contribution in [0.15, 0.2) is 30.5 Å². The Balaban J connectivity index is 2.71. The molecule has 6 heteroatoms. The summed E-state index contributed by atoms with van der Waals surface area (Å²) in [5.74, 6) is -3.26. The van der Waals surface area contributed by atoms with Crippen molar-refractivity contribution in [2.75, 3.05) is 7.11 Å². The molecule has 1 aromatic heterocycles. The number of ether oxygens (including phenoxy) is 1. The zero-order valence-electron chi connectivity index (χ0n) is 9.85. The molecule has 0 saturated heterocycles. The SMILES string of the molecule is COc1nccc(C(=O)O)c1-c1ccc(F)c(F)c1. The molecule has 98 valence electrons. The van der Waals surface area contributed by atoms with E-state index in [-0.39, 0.29) is 22.6 Å². The Hall–Kier alpha value is -2.50. The standard InChI is InChI=1S/C13H9F2NO3/c1-19-12-11(8(13(17)18)4-5-16-12)7-2-3-9(14)10(15)6-7/h2-6H,1H3,(H,17,18). The summed E-state index contributed by atoms with van der Waals surface area (Å²) in [5, 5.41) is 9.12. The number of hydrogen-bond donors (Lipinski definition) is 1. The normalized spacial score (nSPS) is 10.3. The number of nitrogens with zero attached hydrogens (tertiary/aromatic N) is 1. The highest BCUT2D eigenvalue weighted by molar-refractivity contribution is 5.97. The largest absolute Gasteiger partial charge is 0.481 e. The maximum absolute atomic E-state index is 13.2. The van der Waals surface area contributed by atoms with E-state index in [1.165, 1.54) is 25.4 Å². The molecule has 0 radical (unpaired) electrons. The third-order valence-corrected chi connectivity index (χ3v) is 2.55. The maximum Gasteiger partial charge on any atom is 0.336 e. The van der Waals surface area contributed by atoms with Gasteiger partial charge in [-0.05, 0) is 23.8 Å². The van der Waals surface area contributed by atoms with Crippen LogP contribution in [0, 0.1) is 11.6 Å². The second kappa shape index (κ2) is 5.01. The molecule has 0 spiro atoms. The molecule has 19 heavy (non-hydrogen) atoms. The molecule has 0 aliphatic rings. The second-order valence-corrected chi connectivity index (χ2v) is 3.68. The summed E-state index contributed by atoms with van der Waals surface area (Å²) in [6.07, 6.45) is 1.27. The summed E-state index contributed by atoms with van der Waals surface area (Å²) < 4.78 is 31.1. The molecular formula is C13H9F2NO3. The summed E-state index contributed by atoms with van der Waals surface area (Å²) in [6, 6.07) is 4.36. The predicted molar refractivity (Wildman–Crippen MR) is 63.1 cm³/mol. The summed E-state index contributed by atoms with van der Waals surface area (Å²) >= 11 is 0. The molecule has 2 rings (SSSR count). The van der Waals surface area contributed by atoms with E-state index in [2.05, 4.69) is 4.98 Å². The molecule has 0 saturated carbocycles. The molecule has 1 heterocycles. The first-order chi connectivity index (χ1) is 9.04. The maximum atomic E-state index is 13.2. The van der Waals surface area contributed by atoms with E-state index in [1.54, 1.807) is 0 Å². The Labute approximate surface area is 107 Å². The minimum absolute atomic E-state index is 0.0332. The first kappa shape index (κ1) is 12.9. The van der Waals surface area contributed by atoms with Crippen LogP contribution in [-0.4, -0.2) is 23.2 Å². The van der Waals surface area contributed by atoms with Crippen molar-refractivity contribution < 1.29 is 23.4 Å². The van der Waals surface area contributed by atoms with E-state index < -0.39 is 17.6 Å². The fraction of sp³-hybridized carbons (Fsp3) is 0.0769. The van der Waals surface area contributed by atoms with Crippen LogP contribution in [0.4, 0.5) is 8.78 Å². The van der Waals surface area contributed by atoms with E-state index in [4.69, 9.17) is 9.84 Å². The monoisotopic (exact) mass is 265 g/mol. The van der Waals surface area contributed by atoms with Gasteiger partial charge in [0, 0.05) is 6.20 Å². The lowest BCUT2D eigenvalue weighted by Gasteiger charge is -2.10. The minimum atomic E-state index is -1.21. The molecule has 0 fully saturated rings. The quantitative estimate of drug-likeness (QED) is 0.927. The van der Waals surface area contributed by atoms with Crippen LogP contribution in [0.2, 0.25) is 0 Å². The highest BCUT2D eigenvalue weighted by Gasteiger charge is 2.18. The zero-order valence-corrected chi connectivity index (χ0v) is 9.85. The van der Waals surface area contributed by atoms with E-state index in [0.717, 1.165) is 12.1 Å². The van der Waals surface area contributed by atoms with Crippen LogP contribution < -0.4 is 4.74 Å². The van der Waals surface area contributed by atoms with Crippen molar-refractivity contribution in [1.29, 1.82) is 0 Å². The first-order valence-electron chi connectivity index (χ1n) is 5.26. The Morgan fingerprint density at radius 3 is 2.58 bits per heavy atom. The number of benzene rings is 1. The number of carbonyl (C=O) groups is 1. The molecule has 0 bridgehead atoms. The average Bonchev–Trinajstić information content (AvgIpc) is 2.41. The summed E-state index contributed by atoms with van der Waals surface area (Å²) in [7, 11) is 1.32. The lowest BCUT2D eigenvalue weighted by molar-refractivity contribution is 0.0697. The van der Waals surface area contributed by atoms with Gasteiger partial charge in [-0.25, -0.2) is 18.6 Å². The van der Waals surface area contributed by atoms with Crippen molar-refractivity contribution >= 4 is 5.97 Å². The van der Waals surface area contributed by atoms with Gasteiger partial charge in [0.25, 0.3) is 0 Å². The fourth-order valence-corrected chi connectivity index (χ4v) is 1.71. The number of aromatic carboxylic acids is 1. The van der Waals surface area contributed by atoms with Gasteiger partial charge in [-0.15, -0.1) is 0 Å². The van der Waals surface area contributed by atoms with Crippen LogP contribution in [0.25, 0.3) is 11.1 Å². The Morgan fingerprint density at radius 1 is 1.26 bits per heavy atom. The highest BCUT2D eigenvalue weighted by Crippen LogP contribution is 2.32. The van der Waals surface area contributed by atoms with Gasteiger partial charge in [0.15, 0.2) is 11.6 Å². The summed E-state index contributed by atoms with van der Waals surface area (Å²) in [5.41, 5.74) is 0.190. The van der Waals surface area contributed by atoms with Crippen molar-refractivity contribution in [1.82, 2.24) is 4.98 Å².